The molecular formula is C19H26N2O2. The molecule has 1 aromatic carbocycles. The molecule has 1 spiro atoms. The van der Waals surface area contributed by atoms with E-state index in [1.807, 2.05) is 0 Å². The second kappa shape index (κ2) is 5.82. The van der Waals surface area contributed by atoms with Crippen LogP contribution in [0.5, 0.6) is 0 Å². The van der Waals surface area contributed by atoms with Gasteiger partial charge < -0.3 is 15.7 Å². The number of benzene rings is 1. The van der Waals surface area contributed by atoms with E-state index in [1.165, 1.54) is 43.2 Å². The van der Waals surface area contributed by atoms with Crippen LogP contribution in [-0.2, 0) is 11.8 Å². The van der Waals surface area contributed by atoms with Crippen LogP contribution in [0.15, 0.2) is 24.3 Å². The summed E-state index contributed by atoms with van der Waals surface area (Å²) in [4.78, 5) is 12.1. The molecule has 2 fully saturated rings. The van der Waals surface area contributed by atoms with E-state index >= 15 is 0 Å². The number of hydrogen-bond acceptors (Lipinski definition) is 2. The van der Waals surface area contributed by atoms with Gasteiger partial charge in [-0.25, -0.2) is 4.79 Å². The summed E-state index contributed by atoms with van der Waals surface area (Å²) in [7, 11) is 0. The minimum Gasteiger partial charge on any atom is -0.396 e. The highest BCUT2D eigenvalue weighted by Gasteiger charge is 2.57. The van der Waals surface area contributed by atoms with Crippen LogP contribution < -0.4 is 10.6 Å². The zero-order chi connectivity index (χ0) is 15.9. The standard InChI is InChI=1S/C19H26N2O2/c22-10-8-17(14-5-6-14)21-18(23)20-12-15-11-19(15)9-7-13-3-1-2-4-16(13)19/h1-4,14-15,17,22H,5-12H2,(H2,20,21,23). The first-order valence-corrected chi connectivity index (χ1v) is 8.96. The monoisotopic (exact) mass is 314 g/mol. The number of carbonyl (C=O) groups is 1. The van der Waals surface area contributed by atoms with Crippen molar-refractivity contribution in [2.45, 2.75) is 50.0 Å². The van der Waals surface area contributed by atoms with Gasteiger partial charge in [-0.2, -0.15) is 0 Å². The first-order valence-electron chi connectivity index (χ1n) is 8.96. The van der Waals surface area contributed by atoms with Crippen molar-refractivity contribution >= 4 is 6.03 Å². The number of fused-ring (bicyclic) bond motifs is 2. The number of aliphatic hydroxyl groups is 1. The van der Waals surface area contributed by atoms with Gasteiger partial charge in [-0.05, 0) is 61.5 Å². The van der Waals surface area contributed by atoms with Crippen molar-refractivity contribution in [1.29, 1.82) is 0 Å². The second-order valence-electron chi connectivity index (χ2n) is 7.52. The lowest BCUT2D eigenvalue weighted by Gasteiger charge is -2.18. The molecule has 2 amide bonds. The Kier molecular flexibility index (Phi) is 3.80. The summed E-state index contributed by atoms with van der Waals surface area (Å²) < 4.78 is 0. The molecule has 23 heavy (non-hydrogen) atoms. The maximum absolute atomic E-state index is 12.1. The first-order chi connectivity index (χ1) is 11.2. The summed E-state index contributed by atoms with van der Waals surface area (Å²) in [6.07, 6.45) is 6.63. The number of amides is 2. The Morgan fingerprint density at radius 2 is 2.17 bits per heavy atom. The molecule has 0 aliphatic heterocycles. The summed E-state index contributed by atoms with van der Waals surface area (Å²) >= 11 is 0. The zero-order valence-electron chi connectivity index (χ0n) is 13.6. The Bertz CT molecular complexity index is 599. The summed E-state index contributed by atoms with van der Waals surface area (Å²) in [6.45, 7) is 0.903. The lowest BCUT2D eigenvalue weighted by atomic mass is 9.95. The molecule has 3 aliphatic carbocycles. The third-order valence-electron chi connectivity index (χ3n) is 6.08. The van der Waals surface area contributed by atoms with E-state index in [4.69, 9.17) is 5.11 Å². The largest absolute Gasteiger partial charge is 0.396 e. The highest BCUT2D eigenvalue weighted by Crippen LogP contribution is 2.61. The number of nitrogens with one attached hydrogen (secondary N) is 2. The van der Waals surface area contributed by atoms with Crippen LogP contribution in [0.3, 0.4) is 0 Å². The molecule has 3 unspecified atom stereocenters. The van der Waals surface area contributed by atoms with Gasteiger partial charge in [0.05, 0.1) is 0 Å². The Labute approximate surface area is 137 Å². The topological polar surface area (TPSA) is 61.4 Å². The van der Waals surface area contributed by atoms with Crippen molar-refractivity contribution in [3.63, 3.8) is 0 Å². The average molecular weight is 314 g/mol. The van der Waals surface area contributed by atoms with Crippen molar-refractivity contribution < 1.29 is 9.90 Å². The van der Waals surface area contributed by atoms with Crippen molar-refractivity contribution in [2.24, 2.45) is 11.8 Å². The lowest BCUT2D eigenvalue weighted by molar-refractivity contribution is 0.224. The summed E-state index contributed by atoms with van der Waals surface area (Å²) in [5, 5.41) is 15.2. The van der Waals surface area contributed by atoms with Crippen molar-refractivity contribution in [1.82, 2.24) is 10.6 Å². The van der Waals surface area contributed by atoms with Crippen LogP contribution in [0, 0.1) is 11.8 Å². The lowest BCUT2D eigenvalue weighted by Crippen LogP contribution is -2.44. The molecule has 4 nitrogen and oxygen atoms in total. The Balaban J connectivity index is 1.29. The van der Waals surface area contributed by atoms with Gasteiger partial charge in [0.25, 0.3) is 0 Å². The quantitative estimate of drug-likeness (QED) is 0.755. The number of aryl methyl sites for hydroxylation is 1. The minimum atomic E-state index is -0.0660. The predicted octanol–water partition coefficient (Wildman–Crippen LogP) is 2.35. The van der Waals surface area contributed by atoms with Gasteiger partial charge in [0.1, 0.15) is 0 Å². The molecule has 0 bridgehead atoms. The van der Waals surface area contributed by atoms with Gasteiger partial charge in [0, 0.05) is 24.6 Å². The molecule has 1 aromatic rings. The molecule has 0 saturated heterocycles. The molecule has 3 aliphatic rings. The van der Waals surface area contributed by atoms with E-state index in [0.717, 1.165) is 6.54 Å². The molecule has 0 radical (unpaired) electrons. The van der Waals surface area contributed by atoms with Crippen LogP contribution in [0.1, 0.15) is 43.2 Å². The van der Waals surface area contributed by atoms with Gasteiger partial charge in [-0.1, -0.05) is 24.3 Å². The van der Waals surface area contributed by atoms with Gasteiger partial charge >= 0.3 is 6.03 Å². The number of rotatable bonds is 6. The van der Waals surface area contributed by atoms with Crippen molar-refractivity contribution in [2.75, 3.05) is 13.2 Å². The van der Waals surface area contributed by atoms with E-state index in [9.17, 15) is 4.79 Å². The maximum Gasteiger partial charge on any atom is 0.315 e. The van der Waals surface area contributed by atoms with E-state index in [-0.39, 0.29) is 18.7 Å². The highest BCUT2D eigenvalue weighted by atomic mass is 16.3. The number of carbonyl (C=O) groups excluding carboxylic acids is 1. The van der Waals surface area contributed by atoms with Crippen LogP contribution in [0.4, 0.5) is 4.79 Å². The molecule has 4 rings (SSSR count). The van der Waals surface area contributed by atoms with Crippen LogP contribution in [0.25, 0.3) is 0 Å². The van der Waals surface area contributed by atoms with Gasteiger partial charge in [-0.3, -0.25) is 0 Å². The minimum absolute atomic E-state index is 0.0660. The second-order valence-corrected chi connectivity index (χ2v) is 7.52. The highest BCUT2D eigenvalue weighted by molar-refractivity contribution is 5.74. The molecule has 3 atom stereocenters. The summed E-state index contributed by atoms with van der Waals surface area (Å²) in [6, 6.07) is 8.85. The molecule has 4 heteroatoms. The molecular weight excluding hydrogens is 288 g/mol. The smallest absolute Gasteiger partial charge is 0.315 e. The fourth-order valence-electron chi connectivity index (χ4n) is 4.50. The van der Waals surface area contributed by atoms with Gasteiger partial charge in [0.15, 0.2) is 0 Å². The fourth-order valence-corrected chi connectivity index (χ4v) is 4.50. The third-order valence-corrected chi connectivity index (χ3v) is 6.08. The SMILES string of the molecule is O=C(NCC1CC12CCc1ccccc12)NC(CCO)C1CC1. The Morgan fingerprint density at radius 1 is 1.35 bits per heavy atom. The molecule has 124 valence electrons. The molecule has 0 aromatic heterocycles. The van der Waals surface area contributed by atoms with Gasteiger partial charge in [0.2, 0.25) is 0 Å². The van der Waals surface area contributed by atoms with E-state index in [1.54, 1.807) is 0 Å². The maximum atomic E-state index is 12.1. The van der Waals surface area contributed by atoms with Crippen molar-refractivity contribution in [3.05, 3.63) is 35.4 Å². The van der Waals surface area contributed by atoms with Crippen LogP contribution >= 0.6 is 0 Å². The molecule has 3 N–H and O–H groups in total. The van der Waals surface area contributed by atoms with Crippen LogP contribution in [-0.4, -0.2) is 30.3 Å². The summed E-state index contributed by atoms with van der Waals surface area (Å²) in [5.41, 5.74) is 3.35. The van der Waals surface area contributed by atoms with E-state index in [0.29, 0.717) is 23.7 Å². The average Bonchev–Trinajstić information content (AvgIpc) is 3.45. The van der Waals surface area contributed by atoms with Gasteiger partial charge in [-0.15, -0.1) is 0 Å². The van der Waals surface area contributed by atoms with Crippen LogP contribution in [0.2, 0.25) is 0 Å². The Hall–Kier alpha value is -1.55. The van der Waals surface area contributed by atoms with E-state index in [2.05, 4.69) is 34.9 Å². The zero-order valence-corrected chi connectivity index (χ0v) is 13.6. The normalized spacial score (nSPS) is 29.2. The summed E-state index contributed by atoms with van der Waals surface area (Å²) in [5.74, 6) is 1.15. The fraction of sp³-hybridized carbons (Fsp3) is 0.632. The van der Waals surface area contributed by atoms with E-state index < -0.39 is 0 Å². The number of aliphatic hydroxyl groups excluding tert-OH is 1. The number of urea groups is 1. The molecule has 2 saturated carbocycles. The predicted molar refractivity (Wildman–Crippen MR) is 89.3 cm³/mol. The number of hydrogen-bond donors (Lipinski definition) is 3. The first kappa shape index (κ1) is 15.0. The Morgan fingerprint density at radius 3 is 2.96 bits per heavy atom. The third kappa shape index (κ3) is 2.85. The van der Waals surface area contributed by atoms with Crippen molar-refractivity contribution in [3.8, 4) is 0 Å². The molecule has 0 heterocycles.